The van der Waals surface area contributed by atoms with Crippen molar-refractivity contribution in [2.24, 2.45) is 0 Å². The van der Waals surface area contributed by atoms with E-state index in [1.165, 1.54) is 0 Å². The highest BCUT2D eigenvalue weighted by Crippen LogP contribution is 2.37. The fourth-order valence-electron chi connectivity index (χ4n) is 2.26. The van der Waals surface area contributed by atoms with E-state index in [0.29, 0.717) is 11.1 Å². The average Bonchev–Trinajstić information content (AvgIpc) is 2.83. The van der Waals surface area contributed by atoms with Gasteiger partial charge in [0.1, 0.15) is 29.4 Å². The maximum atomic E-state index is 11.5. The molecule has 21 heavy (non-hydrogen) atoms. The molecule has 0 atom stereocenters. The third-order valence-corrected chi connectivity index (χ3v) is 3.32. The smallest absolute Gasteiger partial charge is 0.342 e. The van der Waals surface area contributed by atoms with Gasteiger partial charge in [-0.15, -0.1) is 0 Å². The van der Waals surface area contributed by atoms with Crippen molar-refractivity contribution in [1.29, 1.82) is 0 Å². The molecule has 0 amide bonds. The number of benzene rings is 2. The summed E-state index contributed by atoms with van der Waals surface area (Å²) in [4.78, 5) is 11.5. The second-order valence-electron chi connectivity index (χ2n) is 4.68. The van der Waals surface area contributed by atoms with Gasteiger partial charge >= 0.3 is 5.97 Å². The van der Waals surface area contributed by atoms with E-state index in [2.05, 4.69) is 0 Å². The normalized spacial score (nSPS) is 13.4. The zero-order valence-corrected chi connectivity index (χ0v) is 10.9. The SMILES string of the molecule is O=C1OCc2c(/C=C/c3ccc(O)cc3)c(O)cc(O)c21. The second kappa shape index (κ2) is 4.86. The molecule has 3 N–H and O–H groups in total. The zero-order valence-electron chi connectivity index (χ0n) is 10.9. The summed E-state index contributed by atoms with van der Waals surface area (Å²) in [7, 11) is 0. The van der Waals surface area contributed by atoms with Crippen LogP contribution in [0.3, 0.4) is 0 Å². The largest absolute Gasteiger partial charge is 0.508 e. The van der Waals surface area contributed by atoms with Crippen LogP contribution < -0.4 is 0 Å². The zero-order chi connectivity index (χ0) is 15.0. The minimum atomic E-state index is -0.596. The molecule has 3 rings (SSSR count). The number of rotatable bonds is 2. The van der Waals surface area contributed by atoms with Gasteiger partial charge in [0.2, 0.25) is 0 Å². The Labute approximate surface area is 120 Å². The number of hydrogen-bond donors (Lipinski definition) is 3. The van der Waals surface area contributed by atoms with Crippen LogP contribution in [0.5, 0.6) is 17.2 Å². The molecule has 0 fully saturated rings. The highest BCUT2D eigenvalue weighted by molar-refractivity contribution is 5.98. The molecule has 1 heterocycles. The van der Waals surface area contributed by atoms with Crippen LogP contribution in [0, 0.1) is 0 Å². The van der Waals surface area contributed by atoms with Gasteiger partial charge < -0.3 is 20.1 Å². The van der Waals surface area contributed by atoms with Crippen LogP contribution in [0.2, 0.25) is 0 Å². The van der Waals surface area contributed by atoms with Gasteiger partial charge in [-0.25, -0.2) is 4.79 Å². The molecule has 0 bridgehead atoms. The van der Waals surface area contributed by atoms with Crippen LogP contribution in [-0.2, 0) is 11.3 Å². The van der Waals surface area contributed by atoms with Gasteiger partial charge in [-0.05, 0) is 17.7 Å². The fraction of sp³-hybridized carbons (Fsp3) is 0.0625. The standard InChI is InChI=1S/C16H12O5/c17-10-4-1-9(2-5-10)3-6-11-12-8-21-16(20)15(12)14(19)7-13(11)18/h1-7,17-19H,8H2/b6-3+. The molecule has 2 aromatic rings. The Kier molecular flexibility index (Phi) is 3.02. The molecule has 0 aromatic heterocycles. The average molecular weight is 284 g/mol. The van der Waals surface area contributed by atoms with Crippen LogP contribution in [0.25, 0.3) is 12.2 Å². The second-order valence-corrected chi connectivity index (χ2v) is 4.68. The van der Waals surface area contributed by atoms with Gasteiger partial charge in [0, 0.05) is 17.2 Å². The molecule has 106 valence electrons. The summed E-state index contributed by atoms with van der Waals surface area (Å²) < 4.78 is 4.89. The third-order valence-electron chi connectivity index (χ3n) is 3.32. The van der Waals surface area contributed by atoms with E-state index < -0.39 is 5.97 Å². The third kappa shape index (κ3) is 2.29. The topological polar surface area (TPSA) is 87.0 Å². The van der Waals surface area contributed by atoms with Gasteiger partial charge in [-0.3, -0.25) is 0 Å². The van der Waals surface area contributed by atoms with Crippen LogP contribution in [0.1, 0.15) is 27.0 Å². The Bertz CT molecular complexity index is 744. The van der Waals surface area contributed by atoms with Gasteiger partial charge in [0.15, 0.2) is 0 Å². The Morgan fingerprint density at radius 3 is 2.43 bits per heavy atom. The number of hydrogen-bond acceptors (Lipinski definition) is 5. The van der Waals surface area contributed by atoms with Crippen molar-refractivity contribution in [3.05, 3.63) is 52.6 Å². The Morgan fingerprint density at radius 2 is 1.71 bits per heavy atom. The van der Waals surface area contributed by atoms with Crippen molar-refractivity contribution in [3.8, 4) is 17.2 Å². The van der Waals surface area contributed by atoms with Gasteiger partial charge in [-0.1, -0.05) is 24.3 Å². The summed E-state index contributed by atoms with van der Waals surface area (Å²) in [6.07, 6.45) is 3.37. The quantitative estimate of drug-likeness (QED) is 0.583. The summed E-state index contributed by atoms with van der Waals surface area (Å²) in [5.74, 6) is -0.840. The van der Waals surface area contributed by atoms with E-state index in [-0.39, 0.29) is 29.4 Å². The first-order valence-corrected chi connectivity index (χ1v) is 6.28. The lowest BCUT2D eigenvalue weighted by atomic mass is 10.00. The molecule has 0 aliphatic carbocycles. The first kappa shape index (κ1) is 13.1. The molecule has 2 aromatic carbocycles. The lowest BCUT2D eigenvalue weighted by molar-refractivity contribution is 0.0533. The fourth-order valence-corrected chi connectivity index (χ4v) is 2.26. The predicted octanol–water partition coefficient (Wildman–Crippen LogP) is 2.64. The lowest BCUT2D eigenvalue weighted by Gasteiger charge is -2.06. The van der Waals surface area contributed by atoms with Crippen LogP contribution in [0.15, 0.2) is 30.3 Å². The molecule has 0 saturated heterocycles. The number of phenolic OH excluding ortho intramolecular Hbond substituents is 3. The van der Waals surface area contributed by atoms with Crippen LogP contribution in [-0.4, -0.2) is 21.3 Å². The van der Waals surface area contributed by atoms with Gasteiger partial charge in [-0.2, -0.15) is 0 Å². The first-order chi connectivity index (χ1) is 10.1. The maximum absolute atomic E-state index is 11.5. The maximum Gasteiger partial charge on any atom is 0.342 e. The number of esters is 1. The molecule has 0 unspecified atom stereocenters. The number of phenols is 3. The molecule has 5 heteroatoms. The number of carbonyl (C=O) groups excluding carboxylic acids is 1. The summed E-state index contributed by atoms with van der Waals surface area (Å²) in [5.41, 5.74) is 1.81. The van der Waals surface area contributed by atoms with Crippen LogP contribution >= 0.6 is 0 Å². The number of ether oxygens (including phenoxy) is 1. The predicted molar refractivity (Wildman–Crippen MR) is 75.9 cm³/mol. The monoisotopic (exact) mass is 284 g/mol. The van der Waals surface area contributed by atoms with E-state index in [9.17, 15) is 20.1 Å². The van der Waals surface area contributed by atoms with Gasteiger partial charge in [0.25, 0.3) is 0 Å². The lowest BCUT2D eigenvalue weighted by Crippen LogP contribution is -1.95. The number of aromatic hydroxyl groups is 3. The van der Waals surface area contributed by atoms with Crippen LogP contribution in [0.4, 0.5) is 0 Å². The van der Waals surface area contributed by atoms with Crippen molar-refractivity contribution in [3.63, 3.8) is 0 Å². The van der Waals surface area contributed by atoms with Crippen molar-refractivity contribution in [2.45, 2.75) is 6.61 Å². The summed E-state index contributed by atoms with van der Waals surface area (Å²) in [5, 5.41) is 28.9. The minimum absolute atomic E-state index is 0.0192. The Hall–Kier alpha value is -2.95. The van der Waals surface area contributed by atoms with Gasteiger partial charge in [0.05, 0.1) is 0 Å². The van der Waals surface area contributed by atoms with E-state index in [1.807, 2.05) is 0 Å². The number of fused-ring (bicyclic) bond motifs is 1. The number of cyclic esters (lactones) is 1. The molecule has 0 radical (unpaired) electrons. The van der Waals surface area contributed by atoms with E-state index in [4.69, 9.17) is 4.74 Å². The molecule has 0 saturated carbocycles. The van der Waals surface area contributed by atoms with Crippen molar-refractivity contribution in [2.75, 3.05) is 0 Å². The molecule has 1 aliphatic heterocycles. The summed E-state index contributed by atoms with van der Waals surface area (Å²) in [6.45, 7) is 0.0192. The summed E-state index contributed by atoms with van der Waals surface area (Å²) >= 11 is 0. The molecule has 0 spiro atoms. The van der Waals surface area contributed by atoms with E-state index in [0.717, 1.165) is 11.6 Å². The van der Waals surface area contributed by atoms with Crippen molar-refractivity contribution >= 4 is 18.1 Å². The van der Waals surface area contributed by atoms with Crippen molar-refractivity contribution in [1.82, 2.24) is 0 Å². The molecular formula is C16H12O5. The van der Waals surface area contributed by atoms with Crippen molar-refractivity contribution < 1.29 is 24.9 Å². The summed E-state index contributed by atoms with van der Waals surface area (Å²) in [6, 6.07) is 7.65. The minimum Gasteiger partial charge on any atom is -0.508 e. The first-order valence-electron chi connectivity index (χ1n) is 6.28. The number of carbonyl (C=O) groups is 1. The highest BCUT2D eigenvalue weighted by Gasteiger charge is 2.28. The Morgan fingerprint density at radius 1 is 1.00 bits per heavy atom. The molecular weight excluding hydrogens is 272 g/mol. The van der Waals surface area contributed by atoms with E-state index >= 15 is 0 Å². The van der Waals surface area contributed by atoms with E-state index in [1.54, 1.807) is 36.4 Å². The highest BCUT2D eigenvalue weighted by atomic mass is 16.5. The molecule has 1 aliphatic rings. The Balaban J connectivity index is 2.03. The molecule has 5 nitrogen and oxygen atoms in total.